The van der Waals surface area contributed by atoms with Crippen molar-refractivity contribution < 1.29 is 9.18 Å². The van der Waals surface area contributed by atoms with Crippen molar-refractivity contribution in [3.8, 4) is 0 Å². The highest BCUT2D eigenvalue weighted by Gasteiger charge is 2.26. The van der Waals surface area contributed by atoms with Gasteiger partial charge < -0.3 is 11.1 Å². The Hall–Kier alpha value is -1.42. The van der Waals surface area contributed by atoms with Crippen LogP contribution in [0.15, 0.2) is 24.3 Å². The molecule has 0 unspecified atom stereocenters. The number of halogens is 1. The topological polar surface area (TPSA) is 55.1 Å². The van der Waals surface area contributed by atoms with Crippen LogP contribution in [-0.4, -0.2) is 12.5 Å². The zero-order chi connectivity index (χ0) is 13.1. The number of amides is 1. The van der Waals surface area contributed by atoms with E-state index >= 15 is 0 Å². The van der Waals surface area contributed by atoms with Gasteiger partial charge in [0.1, 0.15) is 5.82 Å². The molecular formula is C13H19FN2O. The Bertz CT molecular complexity index is 387. The highest BCUT2D eigenvalue weighted by molar-refractivity contribution is 5.82. The highest BCUT2D eigenvalue weighted by Crippen LogP contribution is 2.17. The van der Waals surface area contributed by atoms with Crippen molar-refractivity contribution in [2.45, 2.75) is 26.8 Å². The molecule has 0 aliphatic carbocycles. The molecule has 0 bridgehead atoms. The van der Waals surface area contributed by atoms with Crippen LogP contribution < -0.4 is 11.1 Å². The van der Waals surface area contributed by atoms with Crippen LogP contribution in [0.25, 0.3) is 0 Å². The summed E-state index contributed by atoms with van der Waals surface area (Å²) in [5.74, 6) is -0.383. The molecule has 3 nitrogen and oxygen atoms in total. The van der Waals surface area contributed by atoms with E-state index < -0.39 is 5.41 Å². The van der Waals surface area contributed by atoms with Gasteiger partial charge in [-0.2, -0.15) is 0 Å². The lowest BCUT2D eigenvalue weighted by Crippen LogP contribution is -2.42. The van der Waals surface area contributed by atoms with Gasteiger partial charge in [0.05, 0.1) is 11.5 Å². The first-order valence-corrected chi connectivity index (χ1v) is 5.63. The molecule has 0 saturated carbocycles. The predicted molar refractivity (Wildman–Crippen MR) is 65.8 cm³/mol. The third kappa shape index (κ3) is 3.53. The maximum atomic E-state index is 12.8. The third-order valence-corrected chi connectivity index (χ3v) is 2.84. The van der Waals surface area contributed by atoms with Gasteiger partial charge in [0.15, 0.2) is 0 Å². The Morgan fingerprint density at radius 3 is 2.41 bits per heavy atom. The average molecular weight is 238 g/mol. The molecule has 0 heterocycles. The number of carbonyl (C=O) groups is 1. The fraction of sp³-hybridized carbons (Fsp3) is 0.462. The fourth-order valence-electron chi connectivity index (χ4n) is 1.32. The molecule has 0 spiro atoms. The van der Waals surface area contributed by atoms with E-state index in [1.54, 1.807) is 26.0 Å². The van der Waals surface area contributed by atoms with E-state index in [1.807, 2.05) is 6.92 Å². The lowest BCUT2D eigenvalue weighted by Gasteiger charge is -2.24. The first kappa shape index (κ1) is 13.6. The van der Waals surface area contributed by atoms with Gasteiger partial charge in [0.25, 0.3) is 0 Å². The van der Waals surface area contributed by atoms with Crippen molar-refractivity contribution in [3.63, 3.8) is 0 Å². The molecule has 0 aliphatic heterocycles. The molecule has 0 aliphatic rings. The molecule has 4 heteroatoms. The van der Waals surface area contributed by atoms with E-state index in [0.717, 1.165) is 5.56 Å². The van der Waals surface area contributed by atoms with Crippen molar-refractivity contribution >= 4 is 5.91 Å². The quantitative estimate of drug-likeness (QED) is 0.842. The monoisotopic (exact) mass is 238 g/mol. The summed E-state index contributed by atoms with van der Waals surface area (Å²) in [5.41, 5.74) is 5.81. The molecule has 0 saturated heterocycles. The van der Waals surface area contributed by atoms with Crippen molar-refractivity contribution in [1.29, 1.82) is 0 Å². The molecule has 1 rings (SSSR count). The summed E-state index contributed by atoms with van der Waals surface area (Å²) < 4.78 is 12.8. The average Bonchev–Trinajstić information content (AvgIpc) is 2.29. The lowest BCUT2D eigenvalue weighted by atomic mass is 9.92. The summed E-state index contributed by atoms with van der Waals surface area (Å²) in [5, 5.41) is 2.87. The number of rotatable bonds is 4. The Kier molecular flexibility index (Phi) is 4.23. The molecule has 1 aromatic rings. The first-order chi connectivity index (χ1) is 7.86. The summed E-state index contributed by atoms with van der Waals surface area (Å²) in [7, 11) is 0. The molecule has 1 aromatic carbocycles. The minimum atomic E-state index is -0.589. The number of hydrogen-bond donors (Lipinski definition) is 2. The van der Waals surface area contributed by atoms with Gasteiger partial charge in [-0.3, -0.25) is 4.79 Å². The highest BCUT2D eigenvalue weighted by atomic mass is 19.1. The molecule has 1 amide bonds. The van der Waals surface area contributed by atoms with Gasteiger partial charge in [-0.25, -0.2) is 4.39 Å². The normalized spacial score (nSPS) is 13.2. The number of benzene rings is 1. The van der Waals surface area contributed by atoms with Gasteiger partial charge in [-0.15, -0.1) is 0 Å². The predicted octanol–water partition coefficient (Wildman–Crippen LogP) is 1.99. The summed E-state index contributed by atoms with van der Waals surface area (Å²) in [6, 6.07) is 5.93. The molecule has 94 valence electrons. The third-order valence-electron chi connectivity index (χ3n) is 2.84. The van der Waals surface area contributed by atoms with E-state index in [-0.39, 0.29) is 24.3 Å². The molecule has 1 atom stereocenters. The van der Waals surface area contributed by atoms with E-state index in [4.69, 9.17) is 5.73 Å². The summed E-state index contributed by atoms with van der Waals surface area (Å²) in [6.07, 6.45) is 0. The van der Waals surface area contributed by atoms with Gasteiger partial charge >= 0.3 is 0 Å². The van der Waals surface area contributed by atoms with Crippen LogP contribution in [0.2, 0.25) is 0 Å². The largest absolute Gasteiger partial charge is 0.349 e. The van der Waals surface area contributed by atoms with Crippen molar-refractivity contribution in [2.75, 3.05) is 6.54 Å². The molecule has 0 aromatic heterocycles. The molecule has 3 N–H and O–H groups in total. The maximum absolute atomic E-state index is 12.8. The minimum Gasteiger partial charge on any atom is -0.349 e. The number of nitrogens with two attached hydrogens (primary N) is 1. The Morgan fingerprint density at radius 1 is 1.41 bits per heavy atom. The Balaban J connectivity index is 2.70. The minimum absolute atomic E-state index is 0.100. The lowest BCUT2D eigenvalue weighted by molar-refractivity contribution is -0.129. The SMILES string of the molecule is C[C@@H](NC(=O)C(C)(C)CN)c1ccc(F)cc1. The Morgan fingerprint density at radius 2 is 1.94 bits per heavy atom. The van der Waals surface area contributed by atoms with Crippen LogP contribution in [0.3, 0.4) is 0 Å². The molecular weight excluding hydrogens is 219 g/mol. The molecule has 0 fully saturated rings. The standard InChI is InChI=1S/C13H19FN2O/c1-9(10-4-6-11(14)7-5-10)16-12(17)13(2,3)8-15/h4-7,9H,8,15H2,1-3H3,(H,16,17)/t9-/m1/s1. The zero-order valence-corrected chi connectivity index (χ0v) is 10.5. The first-order valence-electron chi connectivity index (χ1n) is 5.63. The van der Waals surface area contributed by atoms with Crippen LogP contribution in [0.4, 0.5) is 4.39 Å². The van der Waals surface area contributed by atoms with Crippen molar-refractivity contribution in [1.82, 2.24) is 5.32 Å². The number of carbonyl (C=O) groups excluding carboxylic acids is 1. The summed E-state index contributed by atoms with van der Waals surface area (Å²) >= 11 is 0. The fourth-order valence-corrected chi connectivity index (χ4v) is 1.32. The molecule has 0 radical (unpaired) electrons. The second kappa shape index (κ2) is 5.27. The zero-order valence-electron chi connectivity index (χ0n) is 10.5. The van der Waals surface area contributed by atoms with Gasteiger partial charge in [0, 0.05) is 6.54 Å². The van der Waals surface area contributed by atoms with Crippen LogP contribution in [-0.2, 0) is 4.79 Å². The van der Waals surface area contributed by atoms with Crippen LogP contribution in [0.1, 0.15) is 32.4 Å². The van der Waals surface area contributed by atoms with Gasteiger partial charge in [-0.1, -0.05) is 12.1 Å². The Labute approximate surface area is 101 Å². The van der Waals surface area contributed by atoms with E-state index in [1.165, 1.54) is 12.1 Å². The van der Waals surface area contributed by atoms with E-state index in [9.17, 15) is 9.18 Å². The maximum Gasteiger partial charge on any atom is 0.227 e. The summed E-state index contributed by atoms with van der Waals surface area (Å²) in [4.78, 5) is 11.9. The number of hydrogen-bond acceptors (Lipinski definition) is 2. The van der Waals surface area contributed by atoms with Crippen LogP contribution in [0.5, 0.6) is 0 Å². The smallest absolute Gasteiger partial charge is 0.227 e. The van der Waals surface area contributed by atoms with Gasteiger partial charge in [-0.05, 0) is 38.5 Å². The second-order valence-electron chi connectivity index (χ2n) is 4.83. The van der Waals surface area contributed by atoms with Crippen LogP contribution in [0, 0.1) is 11.2 Å². The van der Waals surface area contributed by atoms with Crippen molar-refractivity contribution in [3.05, 3.63) is 35.6 Å². The van der Waals surface area contributed by atoms with E-state index in [0.29, 0.717) is 0 Å². The summed E-state index contributed by atoms with van der Waals surface area (Å²) in [6.45, 7) is 5.73. The van der Waals surface area contributed by atoms with E-state index in [2.05, 4.69) is 5.32 Å². The van der Waals surface area contributed by atoms with Crippen molar-refractivity contribution in [2.24, 2.45) is 11.1 Å². The molecule has 17 heavy (non-hydrogen) atoms. The second-order valence-corrected chi connectivity index (χ2v) is 4.83. The van der Waals surface area contributed by atoms with Gasteiger partial charge in [0.2, 0.25) is 5.91 Å². The van der Waals surface area contributed by atoms with Crippen LogP contribution >= 0.6 is 0 Å². The number of nitrogens with one attached hydrogen (secondary N) is 1.